The van der Waals surface area contributed by atoms with Crippen LogP contribution in [0.25, 0.3) is 0 Å². The zero-order chi connectivity index (χ0) is 29.2. The molecule has 1 aliphatic rings. The second-order valence-electron chi connectivity index (χ2n) is 10.5. The number of hydrogen-bond donors (Lipinski definition) is 2. The van der Waals surface area contributed by atoms with Crippen LogP contribution in [0.2, 0.25) is 0 Å². The molecule has 41 heavy (non-hydrogen) atoms. The molecule has 2 N–H and O–H groups in total. The fourth-order valence-electron chi connectivity index (χ4n) is 4.62. The van der Waals surface area contributed by atoms with Crippen LogP contribution in [0.15, 0.2) is 83.8 Å². The average molecular weight is 580 g/mol. The maximum absolute atomic E-state index is 13.8. The van der Waals surface area contributed by atoms with Crippen LogP contribution in [0.1, 0.15) is 68.2 Å². The number of nitrogens with one attached hydrogen (secondary N) is 2. The van der Waals surface area contributed by atoms with Gasteiger partial charge in [0.05, 0.1) is 4.90 Å². The van der Waals surface area contributed by atoms with Crippen LogP contribution in [0.3, 0.4) is 0 Å². The fourth-order valence-corrected chi connectivity index (χ4v) is 5.93. The lowest BCUT2D eigenvalue weighted by molar-refractivity contribution is -0.141. The van der Waals surface area contributed by atoms with Crippen molar-refractivity contribution in [1.29, 1.82) is 0 Å². The summed E-state index contributed by atoms with van der Waals surface area (Å²) < 4.78 is 41.3. The number of carbonyl (C=O) groups excluding carboxylic acids is 2. The molecule has 0 heterocycles. The van der Waals surface area contributed by atoms with Gasteiger partial charge in [0.1, 0.15) is 11.9 Å². The predicted molar refractivity (Wildman–Crippen MR) is 157 cm³/mol. The lowest BCUT2D eigenvalue weighted by Crippen LogP contribution is -2.43. The van der Waals surface area contributed by atoms with Gasteiger partial charge in [-0.25, -0.2) is 17.5 Å². The molecule has 1 aliphatic carbocycles. The van der Waals surface area contributed by atoms with E-state index in [1.54, 1.807) is 41.3 Å². The van der Waals surface area contributed by atoms with Gasteiger partial charge in [-0.05, 0) is 66.6 Å². The van der Waals surface area contributed by atoms with Crippen LogP contribution >= 0.6 is 0 Å². The van der Waals surface area contributed by atoms with E-state index in [1.165, 1.54) is 12.1 Å². The maximum Gasteiger partial charge on any atom is 0.247 e. The Hall–Kier alpha value is -3.56. The van der Waals surface area contributed by atoms with Crippen molar-refractivity contribution in [2.24, 2.45) is 0 Å². The smallest absolute Gasteiger partial charge is 0.247 e. The Kier molecular flexibility index (Phi) is 10.7. The van der Waals surface area contributed by atoms with E-state index in [9.17, 15) is 22.4 Å². The summed E-state index contributed by atoms with van der Waals surface area (Å²) in [4.78, 5) is 29.1. The largest absolute Gasteiger partial charge is 0.354 e. The van der Waals surface area contributed by atoms with Crippen LogP contribution in [-0.2, 0) is 32.6 Å². The summed E-state index contributed by atoms with van der Waals surface area (Å²) in [7, 11) is -3.56. The number of rotatable bonds is 15. The molecule has 0 spiro atoms. The molecule has 1 atom stereocenters. The van der Waals surface area contributed by atoms with Gasteiger partial charge in [-0.1, -0.05) is 74.4 Å². The Morgan fingerprint density at radius 2 is 1.59 bits per heavy atom. The summed E-state index contributed by atoms with van der Waals surface area (Å²) in [6.07, 6.45) is 5.05. The Morgan fingerprint density at radius 3 is 2.22 bits per heavy atom. The standard InChI is InChI=1S/C32H38FN3O4S/c1-2-3-7-22-34-32(38)31(26-8-5-4-6-9-26)36(23-25-10-15-27(33)16-11-25)30(37)21-14-24-12-19-29(20-13-24)41(39,40)35-28-17-18-28/h4-6,8-13,15-16,19-20,28,31,35H,2-3,7,14,17-18,21-23H2,1H3,(H,34,38)/t31-/m0/s1. The first-order valence-electron chi connectivity index (χ1n) is 14.2. The van der Waals surface area contributed by atoms with Crippen LogP contribution in [0, 0.1) is 5.82 Å². The molecule has 218 valence electrons. The predicted octanol–water partition coefficient (Wildman–Crippen LogP) is 5.28. The van der Waals surface area contributed by atoms with Crippen LogP contribution < -0.4 is 10.0 Å². The third-order valence-corrected chi connectivity index (χ3v) is 8.64. The zero-order valence-electron chi connectivity index (χ0n) is 23.4. The number of benzene rings is 3. The second-order valence-corrected chi connectivity index (χ2v) is 12.2. The number of halogens is 1. The van der Waals surface area contributed by atoms with Crippen molar-refractivity contribution in [2.45, 2.75) is 75.4 Å². The molecule has 3 aromatic carbocycles. The lowest BCUT2D eigenvalue weighted by Gasteiger charge is -2.32. The summed E-state index contributed by atoms with van der Waals surface area (Å²) in [5.41, 5.74) is 2.21. The molecule has 7 nitrogen and oxygen atoms in total. The third-order valence-electron chi connectivity index (χ3n) is 7.10. The minimum Gasteiger partial charge on any atom is -0.354 e. The molecule has 3 aromatic rings. The van der Waals surface area contributed by atoms with Crippen molar-refractivity contribution in [2.75, 3.05) is 6.54 Å². The van der Waals surface area contributed by atoms with Crippen molar-refractivity contribution in [3.8, 4) is 0 Å². The highest BCUT2D eigenvalue weighted by atomic mass is 32.2. The monoisotopic (exact) mass is 579 g/mol. The van der Waals surface area contributed by atoms with Crippen molar-refractivity contribution >= 4 is 21.8 Å². The van der Waals surface area contributed by atoms with Crippen molar-refractivity contribution in [1.82, 2.24) is 14.9 Å². The van der Waals surface area contributed by atoms with Gasteiger partial charge in [-0.2, -0.15) is 0 Å². The number of amides is 2. The van der Waals surface area contributed by atoms with E-state index in [0.717, 1.165) is 37.7 Å². The maximum atomic E-state index is 13.8. The van der Waals surface area contributed by atoms with E-state index in [2.05, 4.69) is 17.0 Å². The Balaban J connectivity index is 1.54. The van der Waals surface area contributed by atoms with E-state index < -0.39 is 16.1 Å². The average Bonchev–Trinajstić information content (AvgIpc) is 3.79. The molecule has 4 rings (SSSR count). The number of unbranched alkanes of at least 4 members (excludes halogenated alkanes) is 2. The number of aryl methyl sites for hydroxylation is 1. The topological polar surface area (TPSA) is 95.6 Å². The minimum atomic E-state index is -3.56. The van der Waals surface area contributed by atoms with E-state index >= 15 is 0 Å². The Labute approximate surface area is 242 Å². The first-order valence-corrected chi connectivity index (χ1v) is 15.7. The Bertz CT molecular complexity index is 1390. The second kappa shape index (κ2) is 14.4. The summed E-state index contributed by atoms with van der Waals surface area (Å²) >= 11 is 0. The zero-order valence-corrected chi connectivity index (χ0v) is 24.2. The van der Waals surface area contributed by atoms with E-state index in [-0.39, 0.29) is 41.5 Å². The van der Waals surface area contributed by atoms with Crippen LogP contribution in [0.5, 0.6) is 0 Å². The summed E-state index contributed by atoms with van der Waals surface area (Å²) in [5, 5.41) is 3.00. The highest BCUT2D eigenvalue weighted by Crippen LogP contribution is 2.26. The van der Waals surface area contributed by atoms with Gasteiger partial charge >= 0.3 is 0 Å². The fraction of sp³-hybridized carbons (Fsp3) is 0.375. The highest BCUT2D eigenvalue weighted by Gasteiger charge is 2.31. The van der Waals surface area contributed by atoms with Crippen LogP contribution in [0.4, 0.5) is 4.39 Å². The van der Waals surface area contributed by atoms with Gasteiger partial charge in [0.2, 0.25) is 21.8 Å². The lowest BCUT2D eigenvalue weighted by atomic mass is 10.0. The van der Waals surface area contributed by atoms with Gasteiger partial charge < -0.3 is 10.2 Å². The summed E-state index contributed by atoms with van der Waals surface area (Å²) in [6.45, 7) is 2.74. The molecule has 2 amide bonds. The van der Waals surface area contributed by atoms with Crippen molar-refractivity contribution in [3.63, 3.8) is 0 Å². The van der Waals surface area contributed by atoms with Gasteiger partial charge in [-0.3, -0.25) is 9.59 Å². The van der Waals surface area contributed by atoms with Crippen molar-refractivity contribution < 1.29 is 22.4 Å². The first kappa shape index (κ1) is 30.4. The molecule has 1 fully saturated rings. The van der Waals surface area contributed by atoms with Gasteiger partial charge in [0.15, 0.2) is 0 Å². The number of hydrogen-bond acceptors (Lipinski definition) is 4. The van der Waals surface area contributed by atoms with E-state index in [1.807, 2.05) is 30.3 Å². The normalized spacial score (nSPS) is 13.9. The summed E-state index contributed by atoms with van der Waals surface area (Å²) in [6, 6.07) is 20.8. The Morgan fingerprint density at radius 1 is 0.927 bits per heavy atom. The molecule has 9 heteroatoms. The minimum absolute atomic E-state index is 0.0193. The molecule has 0 radical (unpaired) electrons. The quantitative estimate of drug-likeness (QED) is 0.240. The van der Waals surface area contributed by atoms with E-state index in [0.29, 0.717) is 24.1 Å². The highest BCUT2D eigenvalue weighted by molar-refractivity contribution is 7.89. The summed E-state index contributed by atoms with van der Waals surface area (Å²) in [5.74, 6) is -0.878. The third kappa shape index (κ3) is 8.96. The van der Waals surface area contributed by atoms with Gasteiger partial charge in [0, 0.05) is 25.6 Å². The molecule has 0 saturated heterocycles. The number of carbonyl (C=O) groups is 2. The number of nitrogens with zero attached hydrogens (tertiary/aromatic N) is 1. The molecular formula is C32H38FN3O4S. The first-order chi connectivity index (χ1) is 19.8. The molecule has 0 aliphatic heterocycles. The molecular weight excluding hydrogens is 541 g/mol. The molecule has 0 unspecified atom stereocenters. The SMILES string of the molecule is CCCCCNC(=O)[C@H](c1ccccc1)N(Cc1ccc(F)cc1)C(=O)CCc1ccc(S(=O)(=O)NC2CC2)cc1. The number of sulfonamides is 1. The van der Waals surface area contributed by atoms with Crippen molar-refractivity contribution in [3.05, 3.63) is 101 Å². The molecule has 0 aromatic heterocycles. The van der Waals surface area contributed by atoms with Gasteiger partial charge in [0.25, 0.3) is 0 Å². The van der Waals surface area contributed by atoms with E-state index in [4.69, 9.17) is 0 Å². The van der Waals surface area contributed by atoms with Crippen LogP contribution in [-0.4, -0.2) is 37.7 Å². The molecule has 1 saturated carbocycles. The molecule has 0 bridgehead atoms. The van der Waals surface area contributed by atoms with Gasteiger partial charge in [-0.15, -0.1) is 0 Å².